The minimum atomic E-state index is -0.486. The van der Waals surface area contributed by atoms with E-state index in [1.54, 1.807) is 6.92 Å². The summed E-state index contributed by atoms with van der Waals surface area (Å²) in [6.07, 6.45) is 0.953. The van der Waals surface area contributed by atoms with E-state index in [-0.39, 0.29) is 24.3 Å². The molecule has 1 aliphatic rings. The standard InChI is InChI=1S/C12H18N4O3/c1-4-7(2)16-11(17)5-9(12(16)18)13-6-10-14-8(3)19-15-10/h7,9,13H,4-6H2,1-3H3. The van der Waals surface area contributed by atoms with Crippen molar-refractivity contribution in [1.82, 2.24) is 20.4 Å². The van der Waals surface area contributed by atoms with Crippen molar-refractivity contribution in [2.24, 2.45) is 0 Å². The van der Waals surface area contributed by atoms with Gasteiger partial charge in [-0.2, -0.15) is 4.98 Å². The van der Waals surface area contributed by atoms with Crippen LogP contribution in [0.5, 0.6) is 0 Å². The molecule has 1 N–H and O–H groups in total. The Balaban J connectivity index is 1.95. The van der Waals surface area contributed by atoms with E-state index in [2.05, 4.69) is 15.5 Å². The Morgan fingerprint density at radius 2 is 2.26 bits per heavy atom. The summed E-state index contributed by atoms with van der Waals surface area (Å²) >= 11 is 0. The number of nitrogens with zero attached hydrogens (tertiary/aromatic N) is 3. The lowest BCUT2D eigenvalue weighted by atomic mass is 10.2. The zero-order chi connectivity index (χ0) is 14.0. The van der Waals surface area contributed by atoms with Gasteiger partial charge in [0.1, 0.15) is 0 Å². The molecular weight excluding hydrogens is 248 g/mol. The molecule has 0 radical (unpaired) electrons. The number of likely N-dealkylation sites (tertiary alicyclic amines) is 1. The lowest BCUT2D eigenvalue weighted by Gasteiger charge is -2.21. The summed E-state index contributed by atoms with van der Waals surface area (Å²) in [7, 11) is 0. The van der Waals surface area contributed by atoms with Gasteiger partial charge in [0.15, 0.2) is 5.82 Å². The molecule has 1 fully saturated rings. The molecule has 2 unspecified atom stereocenters. The molecule has 1 aliphatic heterocycles. The van der Waals surface area contributed by atoms with Gasteiger partial charge in [-0.1, -0.05) is 12.1 Å². The van der Waals surface area contributed by atoms with Crippen molar-refractivity contribution in [3.63, 3.8) is 0 Å². The Kier molecular flexibility index (Phi) is 3.94. The fourth-order valence-corrected chi connectivity index (χ4v) is 2.08. The van der Waals surface area contributed by atoms with E-state index in [0.717, 1.165) is 6.42 Å². The van der Waals surface area contributed by atoms with Gasteiger partial charge in [0.25, 0.3) is 0 Å². The normalized spacial score (nSPS) is 21.2. The van der Waals surface area contributed by atoms with Crippen LogP contribution in [0.2, 0.25) is 0 Å². The van der Waals surface area contributed by atoms with Gasteiger partial charge < -0.3 is 4.52 Å². The van der Waals surface area contributed by atoms with E-state index in [0.29, 0.717) is 18.3 Å². The van der Waals surface area contributed by atoms with E-state index in [1.165, 1.54) is 4.90 Å². The number of hydrogen-bond donors (Lipinski definition) is 1. The molecular formula is C12H18N4O3. The van der Waals surface area contributed by atoms with Gasteiger partial charge in [0.05, 0.1) is 19.0 Å². The molecule has 0 aromatic carbocycles. The van der Waals surface area contributed by atoms with Gasteiger partial charge in [0.2, 0.25) is 17.7 Å². The lowest BCUT2D eigenvalue weighted by Crippen LogP contribution is -2.42. The zero-order valence-corrected chi connectivity index (χ0v) is 11.3. The topological polar surface area (TPSA) is 88.3 Å². The van der Waals surface area contributed by atoms with Crippen LogP contribution in [-0.4, -0.2) is 38.9 Å². The minimum Gasteiger partial charge on any atom is -0.340 e. The maximum Gasteiger partial charge on any atom is 0.247 e. The van der Waals surface area contributed by atoms with Crippen LogP contribution in [0.4, 0.5) is 0 Å². The fourth-order valence-electron chi connectivity index (χ4n) is 2.08. The van der Waals surface area contributed by atoms with Gasteiger partial charge in [-0.05, 0) is 13.3 Å². The molecule has 0 aliphatic carbocycles. The Labute approximate surface area is 111 Å². The third-order valence-electron chi connectivity index (χ3n) is 3.29. The molecule has 1 aromatic rings. The first-order valence-corrected chi connectivity index (χ1v) is 6.41. The van der Waals surface area contributed by atoms with Crippen LogP contribution in [0.25, 0.3) is 0 Å². The highest BCUT2D eigenvalue weighted by molar-refractivity contribution is 6.05. The van der Waals surface area contributed by atoms with Crippen LogP contribution in [0.1, 0.15) is 38.4 Å². The van der Waals surface area contributed by atoms with Crippen LogP contribution in [0.15, 0.2) is 4.52 Å². The number of carbonyl (C=O) groups is 2. The molecule has 19 heavy (non-hydrogen) atoms. The lowest BCUT2D eigenvalue weighted by molar-refractivity contribution is -0.141. The van der Waals surface area contributed by atoms with Gasteiger partial charge >= 0.3 is 0 Å². The maximum atomic E-state index is 12.1. The molecule has 1 saturated heterocycles. The second kappa shape index (κ2) is 5.48. The summed E-state index contributed by atoms with van der Waals surface area (Å²) in [5.74, 6) is 0.673. The SMILES string of the molecule is CCC(C)N1C(=O)CC(NCc2noc(C)n2)C1=O. The molecule has 0 saturated carbocycles. The number of hydrogen-bond acceptors (Lipinski definition) is 6. The molecule has 7 nitrogen and oxygen atoms in total. The van der Waals surface area contributed by atoms with E-state index < -0.39 is 6.04 Å². The summed E-state index contributed by atoms with van der Waals surface area (Å²) in [5, 5.41) is 6.74. The second-order valence-electron chi connectivity index (χ2n) is 4.73. The molecule has 0 bridgehead atoms. The second-order valence-corrected chi connectivity index (χ2v) is 4.73. The summed E-state index contributed by atoms with van der Waals surface area (Å²) in [5.41, 5.74) is 0. The molecule has 2 atom stereocenters. The van der Waals surface area contributed by atoms with Crippen molar-refractivity contribution in [3.8, 4) is 0 Å². The zero-order valence-electron chi connectivity index (χ0n) is 11.3. The third-order valence-corrected chi connectivity index (χ3v) is 3.29. The predicted molar refractivity (Wildman–Crippen MR) is 65.9 cm³/mol. The number of nitrogens with one attached hydrogen (secondary N) is 1. The Hall–Kier alpha value is -1.76. The Bertz CT molecular complexity index is 485. The van der Waals surface area contributed by atoms with Crippen molar-refractivity contribution in [2.45, 2.75) is 52.2 Å². The van der Waals surface area contributed by atoms with E-state index >= 15 is 0 Å². The number of aromatic nitrogens is 2. The molecule has 7 heteroatoms. The number of rotatable bonds is 5. The number of amides is 2. The highest BCUT2D eigenvalue weighted by atomic mass is 16.5. The predicted octanol–water partition coefficient (Wildman–Crippen LogP) is 0.394. The van der Waals surface area contributed by atoms with Crippen molar-refractivity contribution >= 4 is 11.8 Å². The molecule has 2 rings (SSSR count). The maximum absolute atomic E-state index is 12.1. The van der Waals surface area contributed by atoms with Crippen LogP contribution in [-0.2, 0) is 16.1 Å². The van der Waals surface area contributed by atoms with Crippen molar-refractivity contribution in [2.75, 3.05) is 0 Å². The molecule has 0 spiro atoms. The molecule has 104 valence electrons. The quantitative estimate of drug-likeness (QED) is 0.776. The van der Waals surface area contributed by atoms with Gasteiger partial charge in [0, 0.05) is 13.0 Å². The van der Waals surface area contributed by atoms with Crippen molar-refractivity contribution in [3.05, 3.63) is 11.7 Å². The summed E-state index contributed by atoms with van der Waals surface area (Å²) in [6.45, 7) is 5.84. The molecule has 1 aromatic heterocycles. The summed E-state index contributed by atoms with van der Waals surface area (Å²) < 4.78 is 4.84. The first-order chi connectivity index (χ1) is 9.02. The largest absolute Gasteiger partial charge is 0.340 e. The molecule has 2 amide bonds. The summed E-state index contributed by atoms with van der Waals surface area (Å²) in [4.78, 5) is 29.3. The Morgan fingerprint density at radius 1 is 1.53 bits per heavy atom. The van der Waals surface area contributed by atoms with Gasteiger partial charge in [-0.3, -0.25) is 19.8 Å². The highest BCUT2D eigenvalue weighted by Crippen LogP contribution is 2.18. The monoisotopic (exact) mass is 266 g/mol. The van der Waals surface area contributed by atoms with Crippen LogP contribution >= 0.6 is 0 Å². The van der Waals surface area contributed by atoms with Crippen LogP contribution in [0, 0.1) is 6.92 Å². The number of aryl methyl sites for hydroxylation is 1. The van der Waals surface area contributed by atoms with Crippen molar-refractivity contribution < 1.29 is 14.1 Å². The number of imide groups is 1. The fraction of sp³-hybridized carbons (Fsp3) is 0.667. The highest BCUT2D eigenvalue weighted by Gasteiger charge is 2.40. The number of carbonyl (C=O) groups excluding carboxylic acids is 2. The van der Waals surface area contributed by atoms with Crippen LogP contribution in [0.3, 0.4) is 0 Å². The molecule has 2 heterocycles. The minimum absolute atomic E-state index is 0.0563. The summed E-state index contributed by atoms with van der Waals surface area (Å²) in [6, 6.07) is -0.542. The average Bonchev–Trinajstić information content (AvgIpc) is 2.90. The average molecular weight is 266 g/mol. The van der Waals surface area contributed by atoms with Gasteiger partial charge in [-0.15, -0.1) is 0 Å². The first kappa shape index (κ1) is 13.7. The van der Waals surface area contributed by atoms with Crippen LogP contribution < -0.4 is 5.32 Å². The smallest absolute Gasteiger partial charge is 0.247 e. The third kappa shape index (κ3) is 2.81. The van der Waals surface area contributed by atoms with Gasteiger partial charge in [-0.25, -0.2) is 0 Å². The van der Waals surface area contributed by atoms with E-state index in [4.69, 9.17) is 4.52 Å². The Morgan fingerprint density at radius 3 is 2.84 bits per heavy atom. The van der Waals surface area contributed by atoms with E-state index in [9.17, 15) is 9.59 Å². The van der Waals surface area contributed by atoms with E-state index in [1.807, 2.05) is 13.8 Å². The first-order valence-electron chi connectivity index (χ1n) is 6.41. The van der Waals surface area contributed by atoms with Crippen molar-refractivity contribution in [1.29, 1.82) is 0 Å².